The number of aromatic amines is 1. The van der Waals surface area contributed by atoms with E-state index in [1.165, 1.54) is 12.1 Å². The SMILES string of the molecule is CC(C)(C)c1cc2cn(-c3ccc(CNCCCN=C(N)N)cc3)c(=O)nc2[nH]1.CC(C)(N)CCCc1cc(C(C)(C)C)cc(C(F)(F)F)c1. The van der Waals surface area contributed by atoms with E-state index in [1.807, 2.05) is 71.1 Å². The summed E-state index contributed by atoms with van der Waals surface area (Å²) in [6.45, 7) is 18.2. The number of halogens is 3. The van der Waals surface area contributed by atoms with Gasteiger partial charge < -0.3 is 27.5 Å². The van der Waals surface area contributed by atoms with E-state index in [0.29, 0.717) is 18.6 Å². The van der Waals surface area contributed by atoms with E-state index < -0.39 is 11.7 Å². The van der Waals surface area contributed by atoms with Crippen molar-refractivity contribution in [3.8, 4) is 5.69 Å². The first kappa shape index (κ1) is 40.3. The Morgan fingerprint density at radius 2 is 1.52 bits per heavy atom. The Morgan fingerprint density at radius 3 is 2.08 bits per heavy atom. The average Bonchev–Trinajstić information content (AvgIpc) is 3.41. The van der Waals surface area contributed by atoms with E-state index in [2.05, 4.69) is 47.1 Å². The van der Waals surface area contributed by atoms with Gasteiger partial charge in [0.2, 0.25) is 0 Å². The van der Waals surface area contributed by atoms with E-state index in [-0.39, 0.29) is 28.0 Å². The normalized spacial score (nSPS) is 12.5. The molecule has 0 saturated carbocycles. The molecule has 0 unspecified atom stereocenters. The quantitative estimate of drug-likeness (QED) is 0.0659. The fraction of sp³-hybridized carbons (Fsp3) is 0.500. The number of aliphatic imine (C=N–C) groups is 1. The van der Waals surface area contributed by atoms with Crippen molar-refractivity contribution >= 4 is 17.0 Å². The number of fused-ring (bicyclic) bond motifs is 1. The van der Waals surface area contributed by atoms with Crippen LogP contribution in [-0.4, -0.2) is 39.1 Å². The van der Waals surface area contributed by atoms with Crippen molar-refractivity contribution in [1.29, 1.82) is 0 Å². The van der Waals surface area contributed by atoms with Gasteiger partial charge in [-0.15, -0.1) is 0 Å². The molecule has 4 aromatic rings. The van der Waals surface area contributed by atoms with E-state index in [4.69, 9.17) is 17.2 Å². The molecule has 0 radical (unpaired) electrons. The van der Waals surface area contributed by atoms with Crippen molar-refractivity contribution in [2.75, 3.05) is 13.1 Å². The number of aryl methyl sites for hydroxylation is 1. The molecule has 274 valence electrons. The monoisotopic (exact) mass is 696 g/mol. The van der Waals surface area contributed by atoms with Crippen molar-refractivity contribution in [2.24, 2.45) is 22.2 Å². The van der Waals surface area contributed by atoms with Gasteiger partial charge in [-0.3, -0.25) is 9.56 Å². The summed E-state index contributed by atoms with van der Waals surface area (Å²) in [7, 11) is 0. The molecular weight excluding hydrogens is 641 g/mol. The zero-order valence-corrected chi connectivity index (χ0v) is 30.8. The Morgan fingerprint density at radius 1 is 0.880 bits per heavy atom. The van der Waals surface area contributed by atoms with Crippen molar-refractivity contribution in [1.82, 2.24) is 19.9 Å². The number of benzene rings is 2. The second-order valence-electron chi connectivity index (χ2n) is 15.6. The maximum atomic E-state index is 13.0. The third-order valence-electron chi connectivity index (χ3n) is 8.14. The van der Waals surface area contributed by atoms with Crippen LogP contribution in [0.4, 0.5) is 13.2 Å². The summed E-state index contributed by atoms with van der Waals surface area (Å²) in [6, 6.07) is 14.3. The fourth-order valence-corrected chi connectivity index (χ4v) is 5.18. The Labute approximate surface area is 294 Å². The second-order valence-corrected chi connectivity index (χ2v) is 15.6. The van der Waals surface area contributed by atoms with Crippen LogP contribution < -0.4 is 28.2 Å². The third-order valence-corrected chi connectivity index (χ3v) is 8.14. The second kappa shape index (κ2) is 16.2. The lowest BCUT2D eigenvalue weighted by Gasteiger charge is -2.23. The summed E-state index contributed by atoms with van der Waals surface area (Å²) in [5, 5.41) is 4.27. The van der Waals surface area contributed by atoms with Crippen molar-refractivity contribution in [2.45, 2.75) is 110 Å². The largest absolute Gasteiger partial charge is 0.416 e. The minimum Gasteiger partial charge on any atom is -0.370 e. The number of aromatic nitrogens is 3. The summed E-state index contributed by atoms with van der Waals surface area (Å²) >= 11 is 0. The molecular formula is C38H55F3N8O. The van der Waals surface area contributed by atoms with Gasteiger partial charge in [0.1, 0.15) is 5.65 Å². The number of hydrogen-bond acceptors (Lipinski definition) is 5. The van der Waals surface area contributed by atoms with Gasteiger partial charge in [-0.2, -0.15) is 18.2 Å². The van der Waals surface area contributed by atoms with Gasteiger partial charge in [0.25, 0.3) is 0 Å². The number of nitrogens with zero attached hydrogens (tertiary/aromatic N) is 3. The van der Waals surface area contributed by atoms with Gasteiger partial charge in [-0.05, 0) is 98.5 Å². The Balaban J connectivity index is 0.000000286. The highest BCUT2D eigenvalue weighted by Gasteiger charge is 2.32. The maximum absolute atomic E-state index is 13.0. The van der Waals surface area contributed by atoms with Crippen molar-refractivity contribution < 1.29 is 13.2 Å². The van der Waals surface area contributed by atoms with Crippen LogP contribution in [0.15, 0.2) is 64.5 Å². The molecule has 8 N–H and O–H groups in total. The summed E-state index contributed by atoms with van der Waals surface area (Å²) in [5.41, 5.74) is 20.1. The van der Waals surface area contributed by atoms with Crippen LogP contribution in [0.1, 0.15) is 103 Å². The molecule has 0 spiro atoms. The molecule has 0 aliphatic heterocycles. The lowest BCUT2D eigenvalue weighted by molar-refractivity contribution is -0.137. The molecule has 0 amide bonds. The molecule has 12 heteroatoms. The predicted octanol–water partition coefficient (Wildman–Crippen LogP) is 6.83. The summed E-state index contributed by atoms with van der Waals surface area (Å²) < 4.78 is 40.7. The summed E-state index contributed by atoms with van der Waals surface area (Å²) in [4.78, 5) is 23.9. The van der Waals surface area contributed by atoms with E-state index in [0.717, 1.165) is 65.8 Å². The fourth-order valence-electron chi connectivity index (χ4n) is 5.18. The highest BCUT2D eigenvalue weighted by atomic mass is 19.4. The Hall–Kier alpha value is -4.16. The summed E-state index contributed by atoms with van der Waals surface area (Å²) in [6.07, 6.45) is 0.594. The molecule has 0 aliphatic rings. The third kappa shape index (κ3) is 12.6. The number of nitrogens with one attached hydrogen (secondary N) is 2. The lowest BCUT2D eigenvalue weighted by Crippen LogP contribution is -2.31. The lowest BCUT2D eigenvalue weighted by atomic mass is 9.84. The number of alkyl halides is 3. The van der Waals surface area contributed by atoms with Gasteiger partial charge in [0, 0.05) is 41.3 Å². The van der Waals surface area contributed by atoms with Gasteiger partial charge >= 0.3 is 11.9 Å². The molecule has 0 aliphatic carbocycles. The van der Waals surface area contributed by atoms with Crippen LogP contribution in [0.3, 0.4) is 0 Å². The number of nitrogens with two attached hydrogens (primary N) is 3. The maximum Gasteiger partial charge on any atom is 0.416 e. The zero-order valence-electron chi connectivity index (χ0n) is 30.8. The first-order valence-electron chi connectivity index (χ1n) is 17.0. The molecule has 50 heavy (non-hydrogen) atoms. The number of rotatable bonds is 11. The minimum atomic E-state index is -4.30. The summed E-state index contributed by atoms with van der Waals surface area (Å²) in [5.74, 6) is 0.123. The molecule has 0 fully saturated rings. The van der Waals surface area contributed by atoms with Crippen LogP contribution in [-0.2, 0) is 30.0 Å². The van der Waals surface area contributed by atoms with E-state index >= 15 is 0 Å². The predicted molar refractivity (Wildman–Crippen MR) is 199 cm³/mol. The molecule has 0 bridgehead atoms. The van der Waals surface area contributed by atoms with Gasteiger partial charge in [-0.25, -0.2) is 4.79 Å². The van der Waals surface area contributed by atoms with Crippen LogP contribution >= 0.6 is 0 Å². The van der Waals surface area contributed by atoms with E-state index in [1.54, 1.807) is 4.57 Å². The first-order chi connectivity index (χ1) is 23.0. The van der Waals surface area contributed by atoms with Gasteiger partial charge in [-0.1, -0.05) is 59.7 Å². The van der Waals surface area contributed by atoms with Gasteiger partial charge in [0.15, 0.2) is 5.96 Å². The first-order valence-corrected chi connectivity index (χ1v) is 17.0. The topological polar surface area (TPSA) is 153 Å². The average molecular weight is 697 g/mol. The molecule has 0 saturated heterocycles. The van der Waals surface area contributed by atoms with Crippen molar-refractivity contribution in [3.05, 3.63) is 93.2 Å². The molecule has 2 heterocycles. The highest BCUT2D eigenvalue weighted by Crippen LogP contribution is 2.34. The number of guanidine groups is 1. The Kier molecular flexibility index (Phi) is 13.1. The smallest absolute Gasteiger partial charge is 0.370 e. The molecule has 2 aromatic heterocycles. The Bertz CT molecular complexity index is 1750. The standard InChI is InChI=1S/C21H29N7O.C17H26F3N/c1-21(2,3)17-11-15-13-28(20(29)27-18(15)26-17)16-7-5-14(6-8-16)12-24-9-4-10-25-19(22)23;1-15(2,3)13-9-12(7-6-8-16(4,5)21)10-14(11-13)17(18,19)20/h5-8,11,13,24H,4,9-10,12H2,1-3H3,(H4,22,23,25)(H,26,27,29);9-11H,6-8,21H2,1-5H3. The zero-order chi connectivity index (χ0) is 37.5. The van der Waals surface area contributed by atoms with Crippen LogP contribution in [0.5, 0.6) is 0 Å². The van der Waals surface area contributed by atoms with Gasteiger partial charge in [0.05, 0.1) is 11.3 Å². The number of H-pyrrole nitrogens is 1. The molecule has 9 nitrogen and oxygen atoms in total. The number of hydrogen-bond donors (Lipinski definition) is 5. The minimum absolute atomic E-state index is 0.0352. The van der Waals surface area contributed by atoms with E-state index in [9.17, 15) is 18.0 Å². The molecule has 0 atom stereocenters. The van der Waals surface area contributed by atoms with Crippen LogP contribution in [0.2, 0.25) is 0 Å². The van der Waals surface area contributed by atoms with Crippen LogP contribution in [0, 0.1) is 0 Å². The molecule has 4 rings (SSSR count). The van der Waals surface area contributed by atoms with Crippen molar-refractivity contribution in [3.63, 3.8) is 0 Å². The highest BCUT2D eigenvalue weighted by molar-refractivity contribution is 5.76. The molecule has 2 aromatic carbocycles. The van der Waals surface area contributed by atoms with Crippen LogP contribution in [0.25, 0.3) is 16.7 Å².